The maximum Gasteiger partial charge on any atom is 0.329 e. The van der Waals surface area contributed by atoms with Gasteiger partial charge in [-0.05, 0) is 54.1 Å². The Balaban J connectivity index is 1.63. The molecule has 0 unspecified atom stereocenters. The number of nitrogens with zero attached hydrogens (tertiary/aromatic N) is 1. The lowest BCUT2D eigenvalue weighted by Gasteiger charge is -2.11. The van der Waals surface area contributed by atoms with Crippen LogP contribution in [0.15, 0.2) is 82.4 Å². The molecule has 0 aliphatic heterocycles. The normalized spacial score (nSPS) is 10.5. The van der Waals surface area contributed by atoms with Crippen LogP contribution in [0.25, 0.3) is 0 Å². The number of hydrazone groups is 1. The van der Waals surface area contributed by atoms with Crippen molar-refractivity contribution in [1.29, 1.82) is 0 Å². The van der Waals surface area contributed by atoms with Crippen molar-refractivity contribution in [3.8, 4) is 0 Å². The number of nitrogens with one attached hydrogen (secondary N) is 3. The average molecular weight is 500 g/mol. The van der Waals surface area contributed by atoms with Crippen molar-refractivity contribution in [3.05, 3.63) is 93.4 Å². The number of para-hydroxylation sites is 1. The van der Waals surface area contributed by atoms with Gasteiger partial charge in [-0.25, -0.2) is 5.43 Å². The first-order chi connectivity index (χ1) is 14.9. The van der Waals surface area contributed by atoms with E-state index in [1.165, 1.54) is 12.3 Å². The number of hydrogen-bond acceptors (Lipinski definition) is 4. The van der Waals surface area contributed by atoms with Gasteiger partial charge in [0, 0.05) is 15.2 Å². The van der Waals surface area contributed by atoms with Gasteiger partial charge in [0.05, 0.1) is 17.5 Å². The number of halogens is 2. The van der Waals surface area contributed by atoms with Gasteiger partial charge in [-0.1, -0.05) is 51.8 Å². The lowest BCUT2D eigenvalue weighted by Crippen LogP contribution is -2.33. The molecule has 3 amide bonds. The number of benzene rings is 3. The summed E-state index contributed by atoms with van der Waals surface area (Å²) in [5, 5.41) is 9.43. The van der Waals surface area contributed by atoms with Crippen molar-refractivity contribution in [2.45, 2.75) is 0 Å². The van der Waals surface area contributed by atoms with Crippen LogP contribution in [0, 0.1) is 0 Å². The number of carbonyl (C=O) groups excluding carboxylic acids is 3. The van der Waals surface area contributed by atoms with Gasteiger partial charge in [-0.2, -0.15) is 5.10 Å². The first-order valence-corrected chi connectivity index (χ1v) is 10.2. The highest BCUT2D eigenvalue weighted by molar-refractivity contribution is 9.10. The summed E-state index contributed by atoms with van der Waals surface area (Å²) in [4.78, 5) is 36.9. The van der Waals surface area contributed by atoms with E-state index >= 15 is 0 Å². The van der Waals surface area contributed by atoms with Crippen LogP contribution in [-0.4, -0.2) is 23.9 Å². The minimum atomic E-state index is -0.985. The van der Waals surface area contributed by atoms with Crippen LogP contribution in [0.4, 0.5) is 11.4 Å². The van der Waals surface area contributed by atoms with Gasteiger partial charge in [0.15, 0.2) is 0 Å². The molecule has 7 nitrogen and oxygen atoms in total. The second-order valence-corrected chi connectivity index (χ2v) is 7.57. The fourth-order valence-corrected chi connectivity index (χ4v) is 2.97. The minimum Gasteiger partial charge on any atom is -0.322 e. The predicted octanol–water partition coefficient (Wildman–Crippen LogP) is 4.44. The number of rotatable bonds is 5. The Morgan fingerprint density at radius 1 is 0.871 bits per heavy atom. The van der Waals surface area contributed by atoms with Crippen LogP contribution in [-0.2, 0) is 9.59 Å². The maximum absolute atomic E-state index is 12.6. The van der Waals surface area contributed by atoms with E-state index in [9.17, 15) is 14.4 Å². The van der Waals surface area contributed by atoms with Crippen molar-refractivity contribution < 1.29 is 14.4 Å². The van der Waals surface area contributed by atoms with Crippen LogP contribution in [0.2, 0.25) is 5.02 Å². The van der Waals surface area contributed by atoms with Gasteiger partial charge in [-0.15, -0.1) is 0 Å². The summed E-state index contributed by atoms with van der Waals surface area (Å²) in [6, 6.07) is 20.2. The monoisotopic (exact) mass is 498 g/mol. The van der Waals surface area contributed by atoms with Crippen LogP contribution in [0.3, 0.4) is 0 Å². The molecule has 0 aliphatic rings. The molecule has 0 bridgehead atoms. The molecule has 3 N–H and O–H groups in total. The Bertz CT molecular complexity index is 1150. The van der Waals surface area contributed by atoms with Crippen molar-refractivity contribution in [1.82, 2.24) is 5.43 Å². The lowest BCUT2D eigenvalue weighted by atomic mass is 10.1. The molecule has 9 heteroatoms. The number of anilines is 2. The van der Waals surface area contributed by atoms with E-state index in [2.05, 4.69) is 37.1 Å². The first kappa shape index (κ1) is 22.2. The van der Waals surface area contributed by atoms with Gasteiger partial charge < -0.3 is 10.6 Å². The van der Waals surface area contributed by atoms with Crippen molar-refractivity contribution in [3.63, 3.8) is 0 Å². The van der Waals surface area contributed by atoms with Crippen molar-refractivity contribution in [2.75, 3.05) is 10.6 Å². The molecule has 156 valence electrons. The summed E-state index contributed by atoms with van der Waals surface area (Å²) >= 11 is 9.21. The van der Waals surface area contributed by atoms with Crippen LogP contribution >= 0.6 is 27.5 Å². The van der Waals surface area contributed by atoms with Crippen molar-refractivity contribution in [2.24, 2.45) is 5.10 Å². The molecule has 0 saturated heterocycles. The molecular weight excluding hydrogens is 484 g/mol. The van der Waals surface area contributed by atoms with E-state index in [-0.39, 0.29) is 11.3 Å². The number of carbonyl (C=O) groups is 3. The van der Waals surface area contributed by atoms with Crippen LogP contribution in [0.5, 0.6) is 0 Å². The quantitative estimate of drug-likeness (QED) is 0.275. The minimum absolute atomic E-state index is 0.191. The van der Waals surface area contributed by atoms with E-state index in [1.54, 1.807) is 66.7 Å². The molecule has 0 saturated carbocycles. The van der Waals surface area contributed by atoms with E-state index in [0.29, 0.717) is 16.3 Å². The predicted molar refractivity (Wildman–Crippen MR) is 124 cm³/mol. The standard InChI is InChI=1S/C22H16BrClN4O3/c23-15-8-10-17(11-9-15)26-20(29)18-6-1-2-7-19(18)27-21(30)22(31)28-25-13-14-4-3-5-16(24)12-14/h1-13H,(H,26,29)(H,27,30)(H,28,31)/b25-13-. The van der Waals surface area contributed by atoms with Crippen LogP contribution < -0.4 is 16.1 Å². The molecule has 3 aromatic carbocycles. The first-order valence-electron chi connectivity index (χ1n) is 8.98. The molecule has 31 heavy (non-hydrogen) atoms. The molecule has 0 atom stereocenters. The molecule has 3 rings (SSSR count). The molecule has 0 aliphatic carbocycles. The Morgan fingerprint density at radius 2 is 1.61 bits per heavy atom. The summed E-state index contributed by atoms with van der Waals surface area (Å²) in [7, 11) is 0. The van der Waals surface area contributed by atoms with Gasteiger partial charge >= 0.3 is 11.8 Å². The van der Waals surface area contributed by atoms with E-state index in [4.69, 9.17) is 11.6 Å². The summed E-state index contributed by atoms with van der Waals surface area (Å²) in [5.74, 6) is -2.38. The summed E-state index contributed by atoms with van der Waals surface area (Å²) in [6.07, 6.45) is 1.36. The lowest BCUT2D eigenvalue weighted by molar-refractivity contribution is -0.136. The molecular formula is C22H16BrClN4O3. The highest BCUT2D eigenvalue weighted by atomic mass is 79.9. The van der Waals surface area contributed by atoms with Crippen LogP contribution in [0.1, 0.15) is 15.9 Å². The van der Waals surface area contributed by atoms with E-state index in [1.807, 2.05) is 0 Å². The number of hydrogen-bond donors (Lipinski definition) is 3. The molecule has 3 aromatic rings. The molecule has 0 radical (unpaired) electrons. The van der Waals surface area contributed by atoms with Gasteiger partial charge in [-0.3, -0.25) is 14.4 Å². The fourth-order valence-electron chi connectivity index (χ4n) is 2.50. The average Bonchev–Trinajstić information content (AvgIpc) is 2.75. The maximum atomic E-state index is 12.6. The zero-order chi connectivity index (χ0) is 22.2. The Kier molecular flexibility index (Phi) is 7.53. The Morgan fingerprint density at radius 3 is 2.35 bits per heavy atom. The SMILES string of the molecule is O=C(N/N=C\c1cccc(Cl)c1)C(=O)Nc1ccccc1C(=O)Nc1ccc(Br)cc1. The van der Waals surface area contributed by atoms with Gasteiger partial charge in [0.25, 0.3) is 5.91 Å². The van der Waals surface area contributed by atoms with Gasteiger partial charge in [0.1, 0.15) is 0 Å². The highest BCUT2D eigenvalue weighted by Gasteiger charge is 2.17. The Hall–Kier alpha value is -3.49. The second kappa shape index (κ2) is 10.5. The molecule has 0 spiro atoms. The largest absolute Gasteiger partial charge is 0.329 e. The summed E-state index contributed by atoms with van der Waals surface area (Å²) in [6.45, 7) is 0. The second-order valence-electron chi connectivity index (χ2n) is 6.21. The zero-order valence-electron chi connectivity index (χ0n) is 15.9. The fraction of sp³-hybridized carbons (Fsp3) is 0. The molecule has 0 aromatic heterocycles. The summed E-state index contributed by atoms with van der Waals surface area (Å²) < 4.78 is 0.877. The number of amides is 3. The summed E-state index contributed by atoms with van der Waals surface area (Å²) in [5.41, 5.74) is 3.77. The van der Waals surface area contributed by atoms with Crippen molar-refractivity contribution >= 4 is 62.8 Å². The molecule has 0 fully saturated rings. The van der Waals surface area contributed by atoms with E-state index < -0.39 is 17.7 Å². The third-order valence-corrected chi connectivity index (χ3v) is 4.72. The topological polar surface area (TPSA) is 99.7 Å². The third-order valence-electron chi connectivity index (χ3n) is 3.96. The highest BCUT2D eigenvalue weighted by Crippen LogP contribution is 2.19. The zero-order valence-corrected chi connectivity index (χ0v) is 18.3. The Labute approximate surface area is 191 Å². The molecule has 0 heterocycles. The van der Waals surface area contributed by atoms with E-state index in [0.717, 1.165) is 4.47 Å². The van der Waals surface area contributed by atoms with Gasteiger partial charge in [0.2, 0.25) is 0 Å². The third kappa shape index (κ3) is 6.50. The smallest absolute Gasteiger partial charge is 0.322 e.